The Labute approximate surface area is 160 Å². The second-order valence-electron chi connectivity index (χ2n) is 6.06. The zero-order chi connectivity index (χ0) is 19.3. The van der Waals surface area contributed by atoms with Gasteiger partial charge < -0.3 is 5.32 Å². The predicted molar refractivity (Wildman–Crippen MR) is 105 cm³/mol. The Morgan fingerprint density at radius 2 is 1.77 bits per heavy atom. The summed E-state index contributed by atoms with van der Waals surface area (Å²) in [5, 5.41) is 3.17. The molecule has 1 amide bonds. The molecule has 0 aromatic heterocycles. The van der Waals surface area contributed by atoms with Gasteiger partial charge in [0.05, 0.1) is 10.6 Å². The molecule has 1 N–H and O–H groups in total. The van der Waals surface area contributed by atoms with Crippen molar-refractivity contribution < 1.29 is 13.2 Å². The van der Waals surface area contributed by atoms with Crippen molar-refractivity contribution in [2.45, 2.75) is 32.1 Å². The highest BCUT2D eigenvalue weighted by atomic mass is 35.5. The van der Waals surface area contributed by atoms with Crippen molar-refractivity contribution in [1.82, 2.24) is 5.32 Å². The summed E-state index contributed by atoms with van der Waals surface area (Å²) >= 11 is 6.17. The molecule has 0 fully saturated rings. The molecule has 0 unspecified atom stereocenters. The normalized spacial score (nSPS) is 11.2. The third kappa shape index (κ3) is 4.56. The van der Waals surface area contributed by atoms with Gasteiger partial charge in [-0.15, -0.1) is 0 Å². The van der Waals surface area contributed by atoms with Gasteiger partial charge in [-0.3, -0.25) is 9.10 Å². The van der Waals surface area contributed by atoms with Gasteiger partial charge in [0.2, 0.25) is 5.91 Å². The number of nitrogens with zero attached hydrogens (tertiary/aromatic N) is 1. The van der Waals surface area contributed by atoms with E-state index in [9.17, 15) is 13.2 Å². The zero-order valence-corrected chi connectivity index (χ0v) is 16.7. The summed E-state index contributed by atoms with van der Waals surface area (Å²) in [5.74, 6) is -0.359. The Morgan fingerprint density at radius 1 is 1.12 bits per heavy atom. The van der Waals surface area contributed by atoms with E-state index in [2.05, 4.69) is 5.32 Å². The molecule has 0 spiro atoms. The molecule has 0 aliphatic rings. The van der Waals surface area contributed by atoms with Crippen LogP contribution in [0, 0.1) is 13.8 Å². The smallest absolute Gasteiger partial charge is 0.264 e. The van der Waals surface area contributed by atoms with Crippen molar-refractivity contribution in [1.29, 1.82) is 0 Å². The summed E-state index contributed by atoms with van der Waals surface area (Å²) in [6.07, 6.45) is 0.770. The zero-order valence-electron chi connectivity index (χ0n) is 15.1. The van der Waals surface area contributed by atoms with E-state index in [1.165, 1.54) is 0 Å². The van der Waals surface area contributed by atoms with Gasteiger partial charge in [0, 0.05) is 11.6 Å². The number of rotatable bonds is 7. The van der Waals surface area contributed by atoms with Crippen LogP contribution in [-0.2, 0) is 14.8 Å². The topological polar surface area (TPSA) is 66.5 Å². The average molecular weight is 395 g/mol. The first kappa shape index (κ1) is 20.3. The molecule has 140 valence electrons. The van der Waals surface area contributed by atoms with Crippen LogP contribution in [0.1, 0.15) is 24.5 Å². The lowest BCUT2D eigenvalue weighted by atomic mass is 10.2. The maximum absolute atomic E-state index is 13.2. The van der Waals surface area contributed by atoms with Crippen LogP contribution in [-0.4, -0.2) is 27.4 Å². The second-order valence-corrected chi connectivity index (χ2v) is 8.33. The van der Waals surface area contributed by atoms with Crippen LogP contribution in [0.25, 0.3) is 0 Å². The van der Waals surface area contributed by atoms with Crippen LogP contribution in [0.4, 0.5) is 5.69 Å². The number of benzene rings is 2. The number of anilines is 1. The fourth-order valence-corrected chi connectivity index (χ4v) is 4.10. The van der Waals surface area contributed by atoms with Crippen LogP contribution in [0.3, 0.4) is 0 Å². The van der Waals surface area contributed by atoms with Gasteiger partial charge in [0.15, 0.2) is 0 Å². The van der Waals surface area contributed by atoms with Gasteiger partial charge in [-0.2, -0.15) is 0 Å². The largest absolute Gasteiger partial charge is 0.355 e. The number of halogens is 1. The van der Waals surface area contributed by atoms with E-state index in [4.69, 9.17) is 11.6 Å². The van der Waals surface area contributed by atoms with Gasteiger partial charge in [-0.1, -0.05) is 42.3 Å². The van der Waals surface area contributed by atoms with Crippen LogP contribution in [0.5, 0.6) is 0 Å². The maximum Gasteiger partial charge on any atom is 0.264 e. The SMILES string of the molecule is CCCNC(=O)CN(c1cccc(Cl)c1C)S(=O)(=O)c1ccc(C)cc1. The Morgan fingerprint density at radius 3 is 2.38 bits per heavy atom. The number of carbonyl (C=O) groups excluding carboxylic acids is 1. The van der Waals surface area contributed by atoms with Gasteiger partial charge in [-0.25, -0.2) is 8.42 Å². The molecule has 5 nitrogen and oxygen atoms in total. The minimum Gasteiger partial charge on any atom is -0.355 e. The van der Waals surface area contributed by atoms with E-state index in [1.54, 1.807) is 49.4 Å². The Hall–Kier alpha value is -2.05. The van der Waals surface area contributed by atoms with Crippen molar-refractivity contribution in [3.8, 4) is 0 Å². The van der Waals surface area contributed by atoms with Gasteiger partial charge in [-0.05, 0) is 50.1 Å². The van der Waals surface area contributed by atoms with Crippen molar-refractivity contribution >= 4 is 33.2 Å². The number of sulfonamides is 1. The molecular formula is C19H23ClN2O3S. The highest BCUT2D eigenvalue weighted by molar-refractivity contribution is 7.92. The van der Waals surface area contributed by atoms with Crippen molar-refractivity contribution in [2.24, 2.45) is 0 Å². The first-order valence-electron chi connectivity index (χ1n) is 8.38. The minimum absolute atomic E-state index is 0.130. The molecule has 2 aromatic carbocycles. The summed E-state index contributed by atoms with van der Waals surface area (Å²) in [4.78, 5) is 12.4. The quantitative estimate of drug-likeness (QED) is 0.778. The van der Waals surface area contributed by atoms with Crippen molar-refractivity contribution in [3.63, 3.8) is 0 Å². The lowest BCUT2D eigenvalue weighted by Crippen LogP contribution is -2.41. The molecule has 2 rings (SSSR count). The van der Waals surface area contributed by atoms with Crippen LogP contribution >= 0.6 is 11.6 Å². The summed E-state index contributed by atoms with van der Waals surface area (Å²) in [5.41, 5.74) is 1.95. The fourth-order valence-electron chi connectivity index (χ4n) is 2.45. The number of carbonyl (C=O) groups is 1. The molecule has 0 aliphatic heterocycles. The van der Waals surface area contributed by atoms with E-state index in [0.717, 1.165) is 16.3 Å². The van der Waals surface area contributed by atoms with E-state index < -0.39 is 10.0 Å². The van der Waals surface area contributed by atoms with Gasteiger partial charge in [0.1, 0.15) is 6.54 Å². The molecule has 0 saturated carbocycles. The molecule has 0 bridgehead atoms. The highest BCUT2D eigenvalue weighted by Gasteiger charge is 2.28. The summed E-state index contributed by atoms with van der Waals surface area (Å²) in [7, 11) is -3.92. The monoisotopic (exact) mass is 394 g/mol. The lowest BCUT2D eigenvalue weighted by Gasteiger charge is -2.26. The van der Waals surface area contributed by atoms with Crippen LogP contribution in [0.2, 0.25) is 5.02 Å². The minimum atomic E-state index is -3.92. The number of hydrogen-bond acceptors (Lipinski definition) is 3. The van der Waals surface area contributed by atoms with Crippen LogP contribution < -0.4 is 9.62 Å². The molecule has 2 aromatic rings. The maximum atomic E-state index is 13.2. The molecular weight excluding hydrogens is 372 g/mol. The van der Waals surface area contributed by atoms with Gasteiger partial charge in [0.25, 0.3) is 10.0 Å². The number of hydrogen-bond donors (Lipinski definition) is 1. The Balaban J connectivity index is 2.50. The third-order valence-corrected chi connectivity index (χ3v) is 6.16. The van der Waals surface area contributed by atoms with E-state index >= 15 is 0 Å². The van der Waals surface area contributed by atoms with E-state index in [0.29, 0.717) is 22.8 Å². The first-order chi connectivity index (χ1) is 12.3. The summed E-state index contributed by atoms with van der Waals surface area (Å²) < 4.78 is 27.6. The second kappa shape index (κ2) is 8.56. The molecule has 0 heterocycles. The molecule has 0 saturated heterocycles. The van der Waals surface area contributed by atoms with Gasteiger partial charge >= 0.3 is 0 Å². The van der Waals surface area contributed by atoms with E-state index in [1.807, 2.05) is 13.8 Å². The highest BCUT2D eigenvalue weighted by Crippen LogP contribution is 2.30. The number of aryl methyl sites for hydroxylation is 1. The van der Waals surface area contributed by atoms with Crippen LogP contribution in [0.15, 0.2) is 47.4 Å². The number of amides is 1. The molecule has 0 aliphatic carbocycles. The molecule has 7 heteroatoms. The fraction of sp³-hybridized carbons (Fsp3) is 0.316. The lowest BCUT2D eigenvalue weighted by molar-refractivity contribution is -0.119. The summed E-state index contributed by atoms with van der Waals surface area (Å²) in [6, 6.07) is 11.6. The van der Waals surface area contributed by atoms with Crippen molar-refractivity contribution in [3.05, 3.63) is 58.6 Å². The van der Waals surface area contributed by atoms with Crippen molar-refractivity contribution in [2.75, 3.05) is 17.4 Å². The standard InChI is InChI=1S/C19H23ClN2O3S/c1-4-12-21-19(23)13-22(18-7-5-6-17(20)15(18)3)26(24,25)16-10-8-14(2)9-11-16/h5-11H,4,12-13H2,1-3H3,(H,21,23). The Kier molecular flexibility index (Phi) is 6.67. The Bertz CT molecular complexity index is 880. The number of nitrogens with one attached hydrogen (secondary N) is 1. The third-order valence-electron chi connectivity index (χ3n) is 3.98. The first-order valence-corrected chi connectivity index (χ1v) is 10.2. The average Bonchev–Trinajstić information content (AvgIpc) is 2.61. The summed E-state index contributed by atoms with van der Waals surface area (Å²) in [6.45, 7) is 5.73. The molecule has 26 heavy (non-hydrogen) atoms. The predicted octanol–water partition coefficient (Wildman–Crippen LogP) is 3.68. The molecule has 0 atom stereocenters. The molecule has 0 radical (unpaired) electrons. The van der Waals surface area contributed by atoms with E-state index in [-0.39, 0.29) is 17.3 Å².